The van der Waals surface area contributed by atoms with Crippen molar-refractivity contribution in [2.45, 2.75) is 19.4 Å². The van der Waals surface area contributed by atoms with Gasteiger partial charge in [-0.05, 0) is 5.92 Å². The molecule has 17 heavy (non-hydrogen) atoms. The molecule has 2 aliphatic rings. The SMILES string of the molecule is O=C1CC(CBr)CN1c1nc2c(s1)CNCC2. The zero-order valence-electron chi connectivity index (χ0n) is 9.41. The maximum atomic E-state index is 11.9. The molecule has 0 aliphatic carbocycles. The monoisotopic (exact) mass is 315 g/mol. The number of fused-ring (bicyclic) bond motifs is 1. The van der Waals surface area contributed by atoms with Gasteiger partial charge in [0.1, 0.15) is 0 Å². The van der Waals surface area contributed by atoms with Gasteiger partial charge in [-0.3, -0.25) is 9.69 Å². The minimum Gasteiger partial charge on any atom is -0.311 e. The summed E-state index contributed by atoms with van der Waals surface area (Å²) in [7, 11) is 0. The van der Waals surface area contributed by atoms with Crippen LogP contribution in [0, 0.1) is 5.92 Å². The average molecular weight is 316 g/mol. The van der Waals surface area contributed by atoms with Crippen molar-refractivity contribution in [3.8, 4) is 0 Å². The number of aromatic nitrogens is 1. The Labute approximate surface area is 113 Å². The summed E-state index contributed by atoms with van der Waals surface area (Å²) in [4.78, 5) is 19.7. The highest BCUT2D eigenvalue weighted by Gasteiger charge is 2.32. The Balaban J connectivity index is 1.84. The molecule has 0 spiro atoms. The van der Waals surface area contributed by atoms with Crippen molar-refractivity contribution in [1.29, 1.82) is 0 Å². The first-order chi connectivity index (χ1) is 8.28. The molecule has 1 amide bonds. The summed E-state index contributed by atoms with van der Waals surface area (Å²) in [6.07, 6.45) is 1.63. The fourth-order valence-electron chi connectivity index (χ4n) is 2.30. The lowest BCUT2D eigenvalue weighted by Gasteiger charge is -2.11. The Morgan fingerprint density at radius 1 is 1.59 bits per heavy atom. The van der Waals surface area contributed by atoms with Gasteiger partial charge in [-0.1, -0.05) is 27.3 Å². The number of rotatable bonds is 2. The Bertz CT molecular complexity index is 424. The lowest BCUT2D eigenvalue weighted by molar-refractivity contribution is -0.117. The van der Waals surface area contributed by atoms with Gasteiger partial charge in [-0.25, -0.2) is 4.98 Å². The highest BCUT2D eigenvalue weighted by Crippen LogP contribution is 2.32. The van der Waals surface area contributed by atoms with E-state index in [0.717, 1.165) is 36.5 Å². The second kappa shape index (κ2) is 4.66. The molecule has 0 radical (unpaired) electrons. The fraction of sp³-hybridized carbons (Fsp3) is 0.636. The van der Waals surface area contributed by atoms with Gasteiger partial charge in [0, 0.05) is 42.7 Å². The van der Waals surface area contributed by atoms with Gasteiger partial charge >= 0.3 is 0 Å². The standard InChI is InChI=1S/C11H14BrN3OS/c12-4-7-3-10(16)15(6-7)11-14-8-1-2-13-5-9(8)17-11/h7,13H,1-6H2. The molecule has 3 heterocycles. The molecule has 92 valence electrons. The zero-order valence-corrected chi connectivity index (χ0v) is 11.8. The van der Waals surface area contributed by atoms with E-state index in [-0.39, 0.29) is 5.91 Å². The van der Waals surface area contributed by atoms with Crippen LogP contribution in [-0.4, -0.2) is 29.3 Å². The topological polar surface area (TPSA) is 45.2 Å². The lowest BCUT2D eigenvalue weighted by Crippen LogP contribution is -2.24. The molecule has 1 aromatic rings. The molecule has 0 bridgehead atoms. The summed E-state index contributed by atoms with van der Waals surface area (Å²) in [5, 5.41) is 5.12. The largest absolute Gasteiger partial charge is 0.311 e. The highest BCUT2D eigenvalue weighted by atomic mass is 79.9. The molecule has 2 aliphatic heterocycles. The normalized spacial score (nSPS) is 24.2. The molecule has 0 aromatic carbocycles. The second-order valence-corrected chi connectivity index (χ2v) is 6.23. The van der Waals surface area contributed by atoms with Crippen molar-refractivity contribution >= 4 is 38.3 Å². The first-order valence-electron chi connectivity index (χ1n) is 5.83. The number of anilines is 1. The lowest BCUT2D eigenvalue weighted by atomic mass is 10.2. The predicted octanol–water partition coefficient (Wildman–Crippen LogP) is 1.54. The van der Waals surface area contributed by atoms with Gasteiger partial charge in [0.05, 0.1) is 5.69 Å². The molecule has 1 unspecified atom stereocenters. The van der Waals surface area contributed by atoms with Gasteiger partial charge in [0.15, 0.2) is 5.13 Å². The van der Waals surface area contributed by atoms with Gasteiger partial charge in [-0.2, -0.15) is 0 Å². The Kier molecular flexibility index (Phi) is 3.19. The van der Waals surface area contributed by atoms with Crippen LogP contribution in [0.15, 0.2) is 0 Å². The molecule has 1 aromatic heterocycles. The minimum atomic E-state index is 0.216. The van der Waals surface area contributed by atoms with Gasteiger partial charge in [0.25, 0.3) is 0 Å². The highest BCUT2D eigenvalue weighted by molar-refractivity contribution is 9.09. The molecule has 3 rings (SSSR count). The molecular weight excluding hydrogens is 302 g/mol. The molecule has 4 nitrogen and oxygen atoms in total. The van der Waals surface area contributed by atoms with E-state index in [1.807, 2.05) is 4.90 Å². The Morgan fingerprint density at radius 3 is 3.18 bits per heavy atom. The number of nitrogens with zero attached hydrogens (tertiary/aromatic N) is 2. The van der Waals surface area contributed by atoms with Crippen molar-refractivity contribution in [1.82, 2.24) is 10.3 Å². The van der Waals surface area contributed by atoms with Crippen LogP contribution in [0.1, 0.15) is 17.0 Å². The summed E-state index contributed by atoms with van der Waals surface area (Å²) in [5.74, 6) is 0.648. The fourth-order valence-corrected chi connectivity index (χ4v) is 3.83. The number of alkyl halides is 1. The van der Waals surface area contributed by atoms with Gasteiger partial charge in [0.2, 0.25) is 5.91 Å². The quantitative estimate of drug-likeness (QED) is 0.842. The molecule has 6 heteroatoms. The summed E-state index contributed by atoms with van der Waals surface area (Å²) in [6.45, 7) is 2.70. The van der Waals surface area contributed by atoms with Crippen LogP contribution >= 0.6 is 27.3 Å². The third-order valence-corrected chi connectivity index (χ3v) is 5.28. The van der Waals surface area contributed by atoms with E-state index >= 15 is 0 Å². The number of thiazole rings is 1. The van der Waals surface area contributed by atoms with Crippen LogP contribution < -0.4 is 10.2 Å². The third-order valence-electron chi connectivity index (χ3n) is 3.25. The van der Waals surface area contributed by atoms with Gasteiger partial charge in [-0.15, -0.1) is 0 Å². The van der Waals surface area contributed by atoms with Crippen LogP contribution in [0.5, 0.6) is 0 Å². The number of amides is 1. The van der Waals surface area contributed by atoms with Crippen LogP contribution in [0.2, 0.25) is 0 Å². The third kappa shape index (κ3) is 2.13. The second-order valence-electron chi connectivity index (χ2n) is 4.52. The van der Waals surface area contributed by atoms with E-state index in [9.17, 15) is 4.79 Å². The van der Waals surface area contributed by atoms with E-state index in [2.05, 4.69) is 26.2 Å². The number of hydrogen-bond donors (Lipinski definition) is 1. The van der Waals surface area contributed by atoms with Crippen LogP contribution in [0.25, 0.3) is 0 Å². The minimum absolute atomic E-state index is 0.216. The van der Waals surface area contributed by atoms with E-state index in [1.165, 1.54) is 10.6 Å². The Hall–Kier alpha value is -0.460. The van der Waals surface area contributed by atoms with Crippen molar-refractivity contribution in [3.05, 3.63) is 10.6 Å². The summed E-state index contributed by atoms with van der Waals surface area (Å²) < 4.78 is 0. The average Bonchev–Trinajstić information content (AvgIpc) is 2.91. The van der Waals surface area contributed by atoms with Crippen molar-refractivity contribution < 1.29 is 4.79 Å². The van der Waals surface area contributed by atoms with Crippen LogP contribution in [0.3, 0.4) is 0 Å². The molecule has 1 fully saturated rings. The number of carbonyl (C=O) groups is 1. The maximum Gasteiger partial charge on any atom is 0.229 e. The molecule has 0 saturated carbocycles. The van der Waals surface area contributed by atoms with Crippen molar-refractivity contribution in [2.75, 3.05) is 23.3 Å². The maximum absolute atomic E-state index is 11.9. The summed E-state index contributed by atoms with van der Waals surface area (Å²) >= 11 is 5.12. The summed E-state index contributed by atoms with van der Waals surface area (Å²) in [5.41, 5.74) is 1.18. The summed E-state index contributed by atoms with van der Waals surface area (Å²) in [6, 6.07) is 0. The van der Waals surface area contributed by atoms with E-state index in [1.54, 1.807) is 11.3 Å². The van der Waals surface area contributed by atoms with Crippen LogP contribution in [-0.2, 0) is 17.8 Å². The molecular formula is C11H14BrN3OS. The number of halogens is 1. The molecule has 1 saturated heterocycles. The number of carbonyl (C=O) groups excluding carboxylic acids is 1. The molecule has 1 N–H and O–H groups in total. The smallest absolute Gasteiger partial charge is 0.229 e. The number of hydrogen-bond acceptors (Lipinski definition) is 4. The van der Waals surface area contributed by atoms with Gasteiger partial charge < -0.3 is 5.32 Å². The van der Waals surface area contributed by atoms with E-state index in [4.69, 9.17) is 0 Å². The Morgan fingerprint density at radius 2 is 2.47 bits per heavy atom. The number of nitrogens with one attached hydrogen (secondary N) is 1. The first kappa shape index (κ1) is 11.6. The van der Waals surface area contributed by atoms with Crippen molar-refractivity contribution in [3.63, 3.8) is 0 Å². The van der Waals surface area contributed by atoms with E-state index < -0.39 is 0 Å². The zero-order chi connectivity index (χ0) is 11.8. The van der Waals surface area contributed by atoms with Crippen molar-refractivity contribution in [2.24, 2.45) is 5.92 Å². The van der Waals surface area contributed by atoms with E-state index in [0.29, 0.717) is 12.3 Å². The predicted molar refractivity (Wildman–Crippen MR) is 71.8 cm³/mol. The van der Waals surface area contributed by atoms with Crippen LogP contribution in [0.4, 0.5) is 5.13 Å². The first-order valence-corrected chi connectivity index (χ1v) is 7.77. The molecule has 1 atom stereocenters.